The number of halogens is 22. The lowest BCUT2D eigenvalue weighted by atomic mass is 9.85. The van der Waals surface area contributed by atoms with Gasteiger partial charge in [0, 0.05) is 6.42 Å². The van der Waals surface area contributed by atoms with E-state index in [0.717, 1.165) is 0 Å². The molecule has 22 heteroatoms. The highest BCUT2D eigenvalue weighted by Crippen LogP contribution is 2.66. The molecule has 0 bridgehead atoms. The van der Waals surface area contributed by atoms with Crippen LogP contribution in [0.15, 0.2) is 0 Å². The van der Waals surface area contributed by atoms with E-state index in [0.29, 0.717) is 6.92 Å². The first kappa shape index (κ1) is 34.5. The fourth-order valence-corrected chi connectivity index (χ4v) is 2.23. The van der Waals surface area contributed by atoms with Crippen LogP contribution in [0, 0.1) is 0 Å². The van der Waals surface area contributed by atoms with E-state index in [-0.39, 0.29) is 0 Å². The molecule has 0 atom stereocenters. The summed E-state index contributed by atoms with van der Waals surface area (Å²) < 4.78 is 289. The lowest BCUT2D eigenvalue weighted by molar-refractivity contribution is -0.471. The second-order valence-corrected chi connectivity index (χ2v) is 6.97. The van der Waals surface area contributed by atoms with Gasteiger partial charge in [0.2, 0.25) is 0 Å². The number of hydrogen-bond acceptors (Lipinski definition) is 0. The predicted molar refractivity (Wildman–Crippen MR) is 70.4 cm³/mol. The van der Waals surface area contributed by atoms with Crippen molar-refractivity contribution in [3.8, 4) is 0 Å². The van der Waals surface area contributed by atoms with Gasteiger partial charge in [0.1, 0.15) is 0 Å². The third-order valence-electron chi connectivity index (χ3n) is 4.48. The third kappa shape index (κ3) is 4.01. The van der Waals surface area contributed by atoms with Gasteiger partial charge in [0.05, 0.1) is 0 Å². The molecular formula is C14H8F22. The summed E-state index contributed by atoms with van der Waals surface area (Å²) in [5, 5.41) is 0. The molecule has 0 fully saturated rings. The molecule has 0 heterocycles. The van der Waals surface area contributed by atoms with Crippen molar-refractivity contribution in [2.75, 3.05) is 0 Å². The van der Waals surface area contributed by atoms with Crippen LogP contribution in [-0.2, 0) is 0 Å². The summed E-state index contributed by atoms with van der Waals surface area (Å²) in [4.78, 5) is 0. The van der Waals surface area contributed by atoms with Gasteiger partial charge >= 0.3 is 65.7 Å². The first-order valence-electron chi connectivity index (χ1n) is 8.32. The van der Waals surface area contributed by atoms with E-state index in [1.165, 1.54) is 0 Å². The molecule has 0 radical (unpaired) electrons. The lowest BCUT2D eigenvalue weighted by Crippen LogP contribution is -2.77. The van der Waals surface area contributed by atoms with E-state index in [9.17, 15) is 96.6 Å². The van der Waals surface area contributed by atoms with E-state index in [2.05, 4.69) is 0 Å². The average molecular weight is 594 g/mol. The maximum Gasteiger partial charge on any atom is 0.385 e. The van der Waals surface area contributed by atoms with E-state index in [4.69, 9.17) is 0 Å². The van der Waals surface area contributed by atoms with Crippen LogP contribution in [0.25, 0.3) is 0 Å². The Labute approximate surface area is 183 Å². The zero-order chi connectivity index (χ0) is 30.0. The Bertz CT molecular complexity index is 776. The molecule has 0 nitrogen and oxygen atoms in total. The lowest BCUT2D eigenvalue weighted by Gasteiger charge is -2.45. The zero-order valence-electron chi connectivity index (χ0n) is 16.3. The predicted octanol–water partition coefficient (Wildman–Crippen LogP) is 8.40. The highest BCUT2D eigenvalue weighted by molar-refractivity contribution is 5.18. The van der Waals surface area contributed by atoms with Gasteiger partial charge in [0.25, 0.3) is 0 Å². The topological polar surface area (TPSA) is 0 Å². The van der Waals surface area contributed by atoms with Crippen LogP contribution >= 0.6 is 0 Å². The Morgan fingerprint density at radius 1 is 0.389 bits per heavy atom. The first-order valence-corrected chi connectivity index (χ1v) is 8.32. The van der Waals surface area contributed by atoms with E-state index in [1.54, 1.807) is 0 Å². The van der Waals surface area contributed by atoms with Gasteiger partial charge in [0.15, 0.2) is 0 Å². The SMILES string of the molecule is CCCC(F)(F)C(F)(F)C(F)(F)C(F)(F)C(F)(F)C(F)(F)C(F)(F)C(F)(F)C(F)(F)C(F)(F)C(F)F. The molecule has 36 heavy (non-hydrogen) atoms. The van der Waals surface area contributed by atoms with Crippen LogP contribution in [0.4, 0.5) is 96.6 Å². The van der Waals surface area contributed by atoms with Gasteiger partial charge in [-0.25, -0.2) is 8.78 Å². The molecule has 0 aromatic carbocycles. The summed E-state index contributed by atoms with van der Waals surface area (Å²) in [6, 6.07) is 0. The summed E-state index contributed by atoms with van der Waals surface area (Å²) in [5.41, 5.74) is 0. The molecule has 0 rings (SSSR count). The van der Waals surface area contributed by atoms with Gasteiger partial charge in [-0.05, 0) is 0 Å². The van der Waals surface area contributed by atoms with E-state index in [1.807, 2.05) is 0 Å². The van der Waals surface area contributed by atoms with Crippen molar-refractivity contribution in [2.45, 2.75) is 85.4 Å². The fourth-order valence-electron chi connectivity index (χ4n) is 2.23. The molecule has 0 amide bonds. The van der Waals surface area contributed by atoms with Crippen molar-refractivity contribution in [2.24, 2.45) is 0 Å². The van der Waals surface area contributed by atoms with Crippen molar-refractivity contribution in [3.63, 3.8) is 0 Å². The Morgan fingerprint density at radius 2 is 0.611 bits per heavy atom. The molecular weight excluding hydrogens is 586 g/mol. The third-order valence-corrected chi connectivity index (χ3v) is 4.48. The van der Waals surface area contributed by atoms with Crippen LogP contribution in [0.1, 0.15) is 19.8 Å². The summed E-state index contributed by atoms with van der Waals surface area (Å²) in [5.74, 6) is -84.7. The smallest absolute Gasteiger partial charge is 0.203 e. The summed E-state index contributed by atoms with van der Waals surface area (Å²) >= 11 is 0. The maximum absolute atomic E-state index is 13.5. The second kappa shape index (κ2) is 8.75. The monoisotopic (exact) mass is 594 g/mol. The maximum atomic E-state index is 13.5. The first-order chi connectivity index (χ1) is 15.3. The zero-order valence-corrected chi connectivity index (χ0v) is 16.3. The van der Waals surface area contributed by atoms with Crippen LogP contribution in [-0.4, -0.2) is 65.7 Å². The van der Waals surface area contributed by atoms with Crippen molar-refractivity contribution in [3.05, 3.63) is 0 Å². The average Bonchev–Trinajstić information content (AvgIpc) is 2.66. The van der Waals surface area contributed by atoms with Crippen LogP contribution in [0.5, 0.6) is 0 Å². The summed E-state index contributed by atoms with van der Waals surface area (Å²) in [6.07, 6.45) is -10.1. The minimum absolute atomic E-state index is 0.459. The Hall–Kier alpha value is -1.54. The molecule has 0 saturated carbocycles. The van der Waals surface area contributed by atoms with Gasteiger partial charge in [-0.3, -0.25) is 0 Å². The van der Waals surface area contributed by atoms with Crippen LogP contribution in [0.3, 0.4) is 0 Å². The molecule has 0 aromatic heterocycles. The minimum Gasteiger partial charge on any atom is -0.203 e. The molecule has 0 aliphatic carbocycles. The van der Waals surface area contributed by atoms with Crippen LogP contribution in [0.2, 0.25) is 0 Å². The van der Waals surface area contributed by atoms with E-state index < -0.39 is 78.5 Å². The van der Waals surface area contributed by atoms with E-state index >= 15 is 0 Å². The Kier molecular flexibility index (Phi) is 8.38. The number of hydrogen-bond donors (Lipinski definition) is 0. The van der Waals surface area contributed by atoms with Gasteiger partial charge < -0.3 is 0 Å². The van der Waals surface area contributed by atoms with Crippen molar-refractivity contribution < 1.29 is 96.6 Å². The van der Waals surface area contributed by atoms with Crippen molar-refractivity contribution in [1.29, 1.82) is 0 Å². The van der Waals surface area contributed by atoms with Crippen molar-refractivity contribution in [1.82, 2.24) is 0 Å². The summed E-state index contributed by atoms with van der Waals surface area (Å²) in [7, 11) is 0. The highest BCUT2D eigenvalue weighted by Gasteiger charge is 2.97. The molecule has 0 aliphatic heterocycles. The Balaban J connectivity index is 7.10. The van der Waals surface area contributed by atoms with Gasteiger partial charge in [-0.15, -0.1) is 0 Å². The quantitative estimate of drug-likeness (QED) is 0.199. The van der Waals surface area contributed by atoms with Gasteiger partial charge in [-0.2, -0.15) is 87.8 Å². The number of rotatable bonds is 12. The molecule has 0 N–H and O–H groups in total. The molecule has 218 valence electrons. The molecule has 0 aliphatic rings. The summed E-state index contributed by atoms with van der Waals surface area (Å²) in [6.45, 7) is 0.459. The molecule has 0 spiro atoms. The Morgan fingerprint density at radius 3 is 0.833 bits per heavy atom. The minimum atomic E-state index is -9.21. The largest absolute Gasteiger partial charge is 0.385 e. The molecule has 0 aromatic rings. The second-order valence-electron chi connectivity index (χ2n) is 6.97. The van der Waals surface area contributed by atoms with Gasteiger partial charge in [-0.1, -0.05) is 13.3 Å². The van der Waals surface area contributed by atoms with Crippen molar-refractivity contribution >= 4 is 0 Å². The highest BCUT2D eigenvalue weighted by atomic mass is 19.4. The molecule has 0 unspecified atom stereocenters. The fraction of sp³-hybridized carbons (Fsp3) is 1.00. The normalized spacial score (nSPS) is 16.7. The van der Waals surface area contributed by atoms with Crippen LogP contribution < -0.4 is 0 Å². The molecule has 0 saturated heterocycles. The standard InChI is InChI=1S/C14H8F22/c1-2-3-5(17,18)7(21,22)9(25,26)11(29,30)13(33,34)14(35,36)12(31,32)10(27,28)8(23,24)6(19,20)4(15)16/h4H,2-3H2,1H3. The number of alkyl halides is 22.